The van der Waals surface area contributed by atoms with Gasteiger partial charge in [0.05, 0.1) is 5.69 Å². The highest BCUT2D eigenvalue weighted by Gasteiger charge is 2.21. The van der Waals surface area contributed by atoms with E-state index in [1.165, 1.54) is 11.3 Å². The highest BCUT2D eigenvalue weighted by Crippen LogP contribution is 2.26. The van der Waals surface area contributed by atoms with Crippen molar-refractivity contribution in [3.05, 3.63) is 44.6 Å². The van der Waals surface area contributed by atoms with E-state index in [0.717, 1.165) is 6.42 Å². The number of amides is 2. The van der Waals surface area contributed by atoms with Crippen molar-refractivity contribution >= 4 is 50.7 Å². The van der Waals surface area contributed by atoms with Crippen LogP contribution in [0.1, 0.15) is 57.8 Å². The Morgan fingerprint density at radius 2 is 2.00 bits per heavy atom. The smallest absolute Gasteiger partial charge is 0.324 e. The van der Waals surface area contributed by atoms with E-state index in [1.807, 2.05) is 34.6 Å². The van der Waals surface area contributed by atoms with Crippen molar-refractivity contribution in [2.24, 2.45) is 22.1 Å². The van der Waals surface area contributed by atoms with Crippen LogP contribution in [0.5, 0.6) is 0 Å². The van der Waals surface area contributed by atoms with Gasteiger partial charge in [-0.3, -0.25) is 19.0 Å². The Kier molecular flexibility index (Phi) is 9.57. The quantitative estimate of drug-likeness (QED) is 0.486. The SMILES string of the molecule is CC[C@H](C)[C@H](N)C(=O)OCn1ccsc1=NC(=O)c1ccc(NC(=O)CC(C)(C)C)c(Br)c1. The Morgan fingerprint density at radius 3 is 2.61 bits per heavy atom. The zero-order chi connectivity index (χ0) is 24.8. The maximum absolute atomic E-state index is 12.7. The molecule has 0 fully saturated rings. The molecule has 1 aromatic carbocycles. The zero-order valence-corrected chi connectivity index (χ0v) is 22.0. The number of hydrogen-bond acceptors (Lipinski definition) is 6. The molecule has 2 atom stereocenters. The molecule has 10 heteroatoms. The molecule has 0 saturated heterocycles. The molecule has 1 heterocycles. The largest absolute Gasteiger partial charge is 0.443 e. The number of anilines is 1. The number of aromatic nitrogens is 1. The number of ether oxygens (including phenoxy) is 1. The van der Waals surface area contributed by atoms with Crippen LogP contribution in [0.25, 0.3) is 0 Å². The molecule has 0 unspecified atom stereocenters. The Hall–Kier alpha value is -2.30. The monoisotopic (exact) mass is 538 g/mol. The summed E-state index contributed by atoms with van der Waals surface area (Å²) in [7, 11) is 0. The summed E-state index contributed by atoms with van der Waals surface area (Å²) >= 11 is 4.66. The molecule has 2 aromatic rings. The molecule has 3 N–H and O–H groups in total. The fourth-order valence-electron chi connectivity index (χ4n) is 2.78. The van der Waals surface area contributed by atoms with Gasteiger partial charge in [-0.05, 0) is 45.5 Å². The second kappa shape index (κ2) is 11.7. The maximum Gasteiger partial charge on any atom is 0.324 e. The predicted molar refractivity (Wildman–Crippen MR) is 133 cm³/mol. The van der Waals surface area contributed by atoms with Crippen molar-refractivity contribution in [1.82, 2.24) is 4.57 Å². The second-order valence-electron chi connectivity index (χ2n) is 9.06. The lowest BCUT2D eigenvalue weighted by atomic mass is 9.92. The molecule has 0 aliphatic rings. The maximum atomic E-state index is 12.7. The third kappa shape index (κ3) is 8.21. The lowest BCUT2D eigenvalue weighted by Gasteiger charge is -2.17. The highest BCUT2D eigenvalue weighted by molar-refractivity contribution is 9.10. The van der Waals surface area contributed by atoms with Crippen LogP contribution in [-0.4, -0.2) is 28.4 Å². The summed E-state index contributed by atoms with van der Waals surface area (Å²) in [5.74, 6) is -1.04. The van der Waals surface area contributed by atoms with Crippen LogP contribution in [0.2, 0.25) is 0 Å². The van der Waals surface area contributed by atoms with Gasteiger partial charge >= 0.3 is 5.97 Å². The Labute approximate surface area is 206 Å². The van der Waals surface area contributed by atoms with Crippen molar-refractivity contribution in [1.29, 1.82) is 0 Å². The zero-order valence-electron chi connectivity index (χ0n) is 19.6. The van der Waals surface area contributed by atoms with Gasteiger partial charge in [0.15, 0.2) is 11.5 Å². The summed E-state index contributed by atoms with van der Waals surface area (Å²) in [6.45, 7) is 9.73. The Bertz CT molecular complexity index is 1070. The van der Waals surface area contributed by atoms with Crippen molar-refractivity contribution in [2.75, 3.05) is 5.32 Å². The summed E-state index contributed by atoms with van der Waals surface area (Å²) in [5.41, 5.74) is 6.71. The van der Waals surface area contributed by atoms with Crippen LogP contribution < -0.4 is 15.9 Å². The number of thiazole rings is 1. The number of nitrogens with one attached hydrogen (secondary N) is 1. The molecule has 0 spiro atoms. The number of esters is 1. The van der Waals surface area contributed by atoms with Crippen molar-refractivity contribution in [2.45, 2.75) is 60.2 Å². The molecule has 2 rings (SSSR count). The lowest BCUT2D eigenvalue weighted by Crippen LogP contribution is -2.38. The molecule has 8 nitrogen and oxygen atoms in total. The molecule has 1 aromatic heterocycles. The first kappa shape index (κ1) is 26.9. The summed E-state index contributed by atoms with van der Waals surface area (Å²) in [5, 5.41) is 4.60. The molecular weight excluding hydrogens is 508 g/mol. The van der Waals surface area contributed by atoms with E-state index in [1.54, 1.807) is 34.3 Å². The van der Waals surface area contributed by atoms with Gasteiger partial charge in [0.25, 0.3) is 5.91 Å². The van der Waals surface area contributed by atoms with Crippen LogP contribution in [0.3, 0.4) is 0 Å². The summed E-state index contributed by atoms with van der Waals surface area (Å²) < 4.78 is 7.44. The van der Waals surface area contributed by atoms with Crippen molar-refractivity contribution in [3.8, 4) is 0 Å². The number of nitrogens with zero attached hydrogens (tertiary/aromatic N) is 2. The van der Waals surface area contributed by atoms with E-state index in [-0.39, 0.29) is 24.0 Å². The van der Waals surface area contributed by atoms with E-state index in [9.17, 15) is 14.4 Å². The number of benzene rings is 1. The Balaban J connectivity index is 2.10. The highest BCUT2D eigenvalue weighted by atomic mass is 79.9. The number of hydrogen-bond donors (Lipinski definition) is 2. The van der Waals surface area contributed by atoms with Gasteiger partial charge in [0.1, 0.15) is 6.04 Å². The third-order valence-corrected chi connectivity index (χ3v) is 6.36. The predicted octanol–water partition coefficient (Wildman–Crippen LogP) is 4.30. The van der Waals surface area contributed by atoms with E-state index in [0.29, 0.717) is 26.9 Å². The average Bonchev–Trinajstić information content (AvgIpc) is 3.17. The van der Waals surface area contributed by atoms with E-state index >= 15 is 0 Å². The molecule has 0 saturated carbocycles. The molecule has 33 heavy (non-hydrogen) atoms. The average molecular weight is 539 g/mol. The van der Waals surface area contributed by atoms with Gasteiger partial charge < -0.3 is 15.8 Å². The van der Waals surface area contributed by atoms with Gasteiger partial charge in [-0.1, -0.05) is 41.0 Å². The number of carbonyl (C=O) groups excluding carboxylic acids is 3. The minimum atomic E-state index is -0.698. The molecule has 0 bridgehead atoms. The molecule has 0 radical (unpaired) electrons. The Morgan fingerprint density at radius 1 is 1.30 bits per heavy atom. The normalized spacial score (nSPS) is 14.0. The second-order valence-corrected chi connectivity index (χ2v) is 10.8. The van der Waals surface area contributed by atoms with Gasteiger partial charge in [-0.25, -0.2) is 0 Å². The third-order valence-electron chi connectivity index (χ3n) is 4.91. The minimum Gasteiger partial charge on any atom is -0.443 e. The lowest BCUT2D eigenvalue weighted by molar-refractivity contribution is -0.150. The van der Waals surface area contributed by atoms with E-state index in [4.69, 9.17) is 10.5 Å². The van der Waals surface area contributed by atoms with Crippen LogP contribution in [-0.2, 0) is 21.1 Å². The number of carbonyl (C=O) groups is 3. The minimum absolute atomic E-state index is 0.00961. The van der Waals surface area contributed by atoms with Crippen LogP contribution in [0.15, 0.2) is 39.2 Å². The van der Waals surface area contributed by atoms with Gasteiger partial charge in [0.2, 0.25) is 5.91 Å². The first-order chi connectivity index (χ1) is 15.4. The molecule has 2 amide bonds. The summed E-state index contributed by atoms with van der Waals surface area (Å²) in [4.78, 5) is 41.6. The van der Waals surface area contributed by atoms with Gasteiger partial charge in [0, 0.05) is 28.0 Å². The van der Waals surface area contributed by atoms with Crippen molar-refractivity contribution in [3.63, 3.8) is 0 Å². The summed E-state index contributed by atoms with van der Waals surface area (Å²) in [6.07, 6.45) is 2.83. The summed E-state index contributed by atoms with van der Waals surface area (Å²) in [6, 6.07) is 4.18. The molecular formula is C23H31BrN4O4S. The van der Waals surface area contributed by atoms with Crippen LogP contribution in [0, 0.1) is 11.3 Å². The molecule has 0 aliphatic carbocycles. The first-order valence-corrected chi connectivity index (χ1v) is 12.3. The van der Waals surface area contributed by atoms with Gasteiger partial charge in [-0.2, -0.15) is 4.99 Å². The van der Waals surface area contributed by atoms with Crippen LogP contribution in [0.4, 0.5) is 5.69 Å². The fraction of sp³-hybridized carbons (Fsp3) is 0.478. The topological polar surface area (TPSA) is 116 Å². The first-order valence-electron chi connectivity index (χ1n) is 10.7. The van der Waals surface area contributed by atoms with E-state index in [2.05, 4.69) is 26.2 Å². The fourth-order valence-corrected chi connectivity index (χ4v) is 3.97. The number of halogens is 1. The number of nitrogens with two attached hydrogens (primary N) is 1. The van der Waals surface area contributed by atoms with E-state index < -0.39 is 17.9 Å². The van der Waals surface area contributed by atoms with Gasteiger partial charge in [-0.15, -0.1) is 11.3 Å². The van der Waals surface area contributed by atoms with Crippen LogP contribution >= 0.6 is 27.3 Å². The van der Waals surface area contributed by atoms with Crippen molar-refractivity contribution < 1.29 is 19.1 Å². The number of rotatable bonds is 8. The molecule has 180 valence electrons. The molecule has 0 aliphatic heterocycles. The standard InChI is InChI=1S/C23H31BrN4O4S/c1-6-14(2)19(25)21(31)32-13-28-9-10-33-22(28)27-20(30)15-7-8-17(16(24)11-15)26-18(29)12-23(3,4)5/h7-11,14,19H,6,12-13,25H2,1-5H3,(H,26,29)/t14-,19-/m0/s1.